The van der Waals surface area contributed by atoms with Crippen molar-refractivity contribution < 1.29 is 9.84 Å². The van der Waals surface area contributed by atoms with Gasteiger partial charge < -0.3 is 20.9 Å². The molecule has 0 spiro atoms. The van der Waals surface area contributed by atoms with Crippen LogP contribution in [0.4, 0.5) is 17.5 Å². The van der Waals surface area contributed by atoms with E-state index in [0.29, 0.717) is 11.9 Å². The van der Waals surface area contributed by atoms with Gasteiger partial charge in [-0.25, -0.2) is 4.98 Å². The van der Waals surface area contributed by atoms with Crippen LogP contribution >= 0.6 is 0 Å². The topological polar surface area (TPSA) is 106 Å². The maximum absolute atomic E-state index is 8.56. The van der Waals surface area contributed by atoms with E-state index in [1.807, 2.05) is 20.8 Å². The second-order valence-electron chi connectivity index (χ2n) is 4.83. The van der Waals surface area contributed by atoms with Crippen molar-refractivity contribution in [2.24, 2.45) is 4.99 Å². The van der Waals surface area contributed by atoms with Gasteiger partial charge in [-0.3, -0.25) is 4.99 Å². The Balaban J connectivity index is 0.000000235. The van der Waals surface area contributed by atoms with Gasteiger partial charge in [0.15, 0.2) is 5.82 Å². The number of nitrogens with zero attached hydrogens (tertiary/aromatic N) is 3. The molecule has 0 aromatic carbocycles. The summed E-state index contributed by atoms with van der Waals surface area (Å²) in [6.45, 7) is 5.91. The van der Waals surface area contributed by atoms with E-state index in [0.717, 1.165) is 24.2 Å². The van der Waals surface area contributed by atoms with Gasteiger partial charge in [0, 0.05) is 13.3 Å². The SMILES string of the molecule is CC1CCC(CO)O1.CC=Nc1c(C)nc(N)nc1NC. The lowest BCUT2D eigenvalue weighted by molar-refractivity contribution is 0.0198. The molecule has 2 heterocycles. The second kappa shape index (κ2) is 8.53. The highest BCUT2D eigenvalue weighted by Crippen LogP contribution is 2.25. The van der Waals surface area contributed by atoms with Crippen LogP contribution in [0.3, 0.4) is 0 Å². The molecular weight excluding hydrogens is 270 g/mol. The lowest BCUT2D eigenvalue weighted by atomic mass is 10.2. The highest BCUT2D eigenvalue weighted by molar-refractivity contribution is 5.71. The molecular formula is C14H25N5O2. The standard InChI is InChI=1S/C8H13N5.C6H12O2/c1-4-11-6-5(2)12-8(9)13-7(6)10-3;1-5-2-3-6(4-7)8-5/h4H,1-3H3,(H3,9,10,12,13);5-7H,2-4H2,1H3. The lowest BCUT2D eigenvalue weighted by Crippen LogP contribution is -2.11. The molecule has 0 bridgehead atoms. The van der Waals surface area contributed by atoms with Crippen LogP contribution in [-0.2, 0) is 4.74 Å². The Kier molecular flexibility index (Phi) is 7.04. The van der Waals surface area contributed by atoms with E-state index in [2.05, 4.69) is 20.3 Å². The average Bonchev–Trinajstić information content (AvgIpc) is 2.88. The number of aliphatic hydroxyl groups is 1. The van der Waals surface area contributed by atoms with Crippen LogP contribution in [0.2, 0.25) is 0 Å². The molecule has 2 atom stereocenters. The largest absolute Gasteiger partial charge is 0.394 e. The van der Waals surface area contributed by atoms with Crippen molar-refractivity contribution >= 4 is 23.7 Å². The first-order chi connectivity index (χ1) is 10.0. The van der Waals surface area contributed by atoms with Gasteiger partial charge in [0.25, 0.3) is 0 Å². The number of hydrogen-bond donors (Lipinski definition) is 3. The van der Waals surface area contributed by atoms with Crippen molar-refractivity contribution in [3.05, 3.63) is 5.69 Å². The van der Waals surface area contributed by atoms with Crippen molar-refractivity contribution in [1.29, 1.82) is 0 Å². The van der Waals surface area contributed by atoms with E-state index >= 15 is 0 Å². The average molecular weight is 295 g/mol. The van der Waals surface area contributed by atoms with Gasteiger partial charge in [-0.05, 0) is 33.6 Å². The van der Waals surface area contributed by atoms with Crippen LogP contribution < -0.4 is 11.1 Å². The fourth-order valence-corrected chi connectivity index (χ4v) is 2.07. The predicted molar refractivity (Wildman–Crippen MR) is 85.2 cm³/mol. The third kappa shape index (κ3) is 5.28. The lowest BCUT2D eigenvalue weighted by Gasteiger charge is -2.06. The molecule has 0 saturated carbocycles. The summed E-state index contributed by atoms with van der Waals surface area (Å²) in [6.07, 6.45) is 4.32. The summed E-state index contributed by atoms with van der Waals surface area (Å²) in [5.74, 6) is 0.917. The molecule has 1 fully saturated rings. The zero-order chi connectivity index (χ0) is 15.8. The monoisotopic (exact) mass is 295 g/mol. The zero-order valence-electron chi connectivity index (χ0n) is 13.1. The van der Waals surface area contributed by atoms with Gasteiger partial charge in [-0.15, -0.1) is 0 Å². The summed E-state index contributed by atoms with van der Waals surface area (Å²) < 4.78 is 5.26. The van der Waals surface area contributed by atoms with Crippen LogP contribution in [0, 0.1) is 6.92 Å². The van der Waals surface area contributed by atoms with E-state index in [1.165, 1.54) is 0 Å². The third-order valence-electron chi connectivity index (χ3n) is 3.09. The molecule has 0 aliphatic carbocycles. The number of anilines is 2. The number of aliphatic hydroxyl groups excluding tert-OH is 1. The highest BCUT2D eigenvalue weighted by Gasteiger charge is 2.19. The number of nitrogens with two attached hydrogens (primary N) is 1. The van der Waals surface area contributed by atoms with E-state index in [4.69, 9.17) is 15.6 Å². The third-order valence-corrected chi connectivity index (χ3v) is 3.09. The van der Waals surface area contributed by atoms with E-state index in [9.17, 15) is 0 Å². The molecule has 0 radical (unpaired) electrons. The van der Waals surface area contributed by atoms with Gasteiger partial charge in [0.1, 0.15) is 5.69 Å². The number of aliphatic imine (C=N–C) groups is 1. The molecule has 7 heteroatoms. The second-order valence-corrected chi connectivity index (χ2v) is 4.83. The first kappa shape index (κ1) is 17.3. The van der Waals surface area contributed by atoms with Crippen LogP contribution in [0.1, 0.15) is 32.4 Å². The van der Waals surface area contributed by atoms with Crippen molar-refractivity contribution in [3.8, 4) is 0 Å². The Morgan fingerprint density at radius 1 is 1.48 bits per heavy atom. The molecule has 4 N–H and O–H groups in total. The van der Waals surface area contributed by atoms with Crippen molar-refractivity contribution in [3.63, 3.8) is 0 Å². The molecule has 1 aliphatic heterocycles. The number of aryl methyl sites for hydroxylation is 1. The van der Waals surface area contributed by atoms with Crippen LogP contribution in [0.5, 0.6) is 0 Å². The summed E-state index contributed by atoms with van der Waals surface area (Å²) in [6, 6.07) is 0. The maximum atomic E-state index is 8.56. The Morgan fingerprint density at radius 2 is 2.19 bits per heavy atom. The summed E-state index contributed by atoms with van der Waals surface area (Å²) in [7, 11) is 1.77. The van der Waals surface area contributed by atoms with Gasteiger partial charge in [-0.1, -0.05) is 0 Å². The van der Waals surface area contributed by atoms with Crippen molar-refractivity contribution in [1.82, 2.24) is 9.97 Å². The fraction of sp³-hybridized carbons (Fsp3) is 0.643. The van der Waals surface area contributed by atoms with Crippen molar-refractivity contribution in [2.45, 2.75) is 45.8 Å². The Bertz CT molecular complexity index is 479. The minimum Gasteiger partial charge on any atom is -0.394 e. The molecule has 1 aromatic rings. The fourth-order valence-electron chi connectivity index (χ4n) is 2.07. The summed E-state index contributed by atoms with van der Waals surface area (Å²) >= 11 is 0. The normalized spacial score (nSPS) is 21.2. The van der Waals surface area contributed by atoms with Gasteiger partial charge >= 0.3 is 0 Å². The van der Waals surface area contributed by atoms with Gasteiger partial charge in [0.05, 0.1) is 24.5 Å². The summed E-state index contributed by atoms with van der Waals surface area (Å²) in [4.78, 5) is 12.2. The number of hydrogen-bond acceptors (Lipinski definition) is 7. The Morgan fingerprint density at radius 3 is 2.62 bits per heavy atom. The summed E-state index contributed by atoms with van der Waals surface area (Å²) in [5.41, 5.74) is 6.99. The van der Waals surface area contributed by atoms with Crippen molar-refractivity contribution in [2.75, 3.05) is 24.7 Å². The van der Waals surface area contributed by atoms with Gasteiger partial charge in [-0.2, -0.15) is 4.98 Å². The molecule has 21 heavy (non-hydrogen) atoms. The molecule has 1 aliphatic rings. The molecule has 2 unspecified atom stereocenters. The number of rotatable bonds is 3. The number of ether oxygens (including phenoxy) is 1. The smallest absolute Gasteiger partial charge is 0.222 e. The van der Waals surface area contributed by atoms with E-state index in [-0.39, 0.29) is 18.7 Å². The van der Waals surface area contributed by atoms with E-state index < -0.39 is 0 Å². The van der Waals surface area contributed by atoms with Crippen LogP contribution in [0.25, 0.3) is 0 Å². The molecule has 1 aromatic heterocycles. The van der Waals surface area contributed by atoms with Crippen LogP contribution in [0.15, 0.2) is 4.99 Å². The Labute approximate surface area is 125 Å². The molecule has 1 saturated heterocycles. The highest BCUT2D eigenvalue weighted by atomic mass is 16.5. The van der Waals surface area contributed by atoms with E-state index in [1.54, 1.807) is 13.3 Å². The molecule has 0 amide bonds. The predicted octanol–water partition coefficient (Wildman–Crippen LogP) is 1.68. The first-order valence-corrected chi connectivity index (χ1v) is 7.08. The van der Waals surface area contributed by atoms with Gasteiger partial charge in [0.2, 0.25) is 5.95 Å². The minimum atomic E-state index is 0.130. The Hall–Kier alpha value is -1.73. The minimum absolute atomic E-state index is 0.130. The molecule has 2 rings (SSSR count). The first-order valence-electron chi connectivity index (χ1n) is 7.08. The number of aromatic nitrogens is 2. The quantitative estimate of drug-likeness (QED) is 0.733. The molecule has 118 valence electrons. The molecule has 7 nitrogen and oxygen atoms in total. The zero-order valence-corrected chi connectivity index (χ0v) is 13.1. The van der Waals surface area contributed by atoms with Crippen LogP contribution in [-0.4, -0.2) is 47.2 Å². The number of nitrogen functional groups attached to an aromatic ring is 1. The summed E-state index contributed by atoms with van der Waals surface area (Å²) in [5, 5.41) is 11.5. The maximum Gasteiger partial charge on any atom is 0.222 e. The number of nitrogens with one attached hydrogen (secondary N) is 1.